The molecule has 0 spiro atoms. The van der Waals surface area contributed by atoms with E-state index < -0.39 is 10.0 Å². The molecule has 0 unspecified atom stereocenters. The lowest BCUT2D eigenvalue weighted by Gasteiger charge is -2.16. The molecule has 7 heteroatoms. The van der Waals surface area contributed by atoms with Gasteiger partial charge in [-0.15, -0.1) is 0 Å². The number of methoxy groups -OCH3 is 1. The number of benzene rings is 2. The summed E-state index contributed by atoms with van der Waals surface area (Å²) >= 11 is 0. The van der Waals surface area contributed by atoms with E-state index in [1.165, 1.54) is 32.2 Å². The fourth-order valence-electron chi connectivity index (χ4n) is 2.50. The number of sulfonamides is 1. The highest BCUT2D eigenvalue weighted by Gasteiger charge is 2.19. The summed E-state index contributed by atoms with van der Waals surface area (Å²) in [5, 5.41) is 2.58. The molecule has 0 atom stereocenters. The number of anilines is 2. The number of hydrogen-bond donors (Lipinski definition) is 2. The molecule has 0 aliphatic heterocycles. The van der Waals surface area contributed by atoms with E-state index >= 15 is 0 Å². The van der Waals surface area contributed by atoms with E-state index in [9.17, 15) is 13.2 Å². The van der Waals surface area contributed by atoms with Crippen molar-refractivity contribution in [2.75, 3.05) is 17.1 Å². The summed E-state index contributed by atoms with van der Waals surface area (Å²) in [5.41, 5.74) is 2.65. The average Bonchev–Trinajstić information content (AvgIpc) is 2.56. The Balaban J connectivity index is 2.45. The van der Waals surface area contributed by atoms with Gasteiger partial charge < -0.3 is 10.1 Å². The summed E-state index contributed by atoms with van der Waals surface area (Å²) in [6.07, 6.45) is 0.708. The Hall–Kier alpha value is -2.54. The van der Waals surface area contributed by atoms with E-state index in [1.807, 2.05) is 32.0 Å². The first-order valence-corrected chi connectivity index (χ1v) is 9.33. The molecule has 2 N–H and O–H groups in total. The van der Waals surface area contributed by atoms with E-state index in [0.29, 0.717) is 23.5 Å². The maximum absolute atomic E-state index is 12.8. The van der Waals surface area contributed by atoms with E-state index in [-0.39, 0.29) is 10.8 Å². The molecule has 0 heterocycles. The van der Waals surface area contributed by atoms with Crippen molar-refractivity contribution in [2.45, 2.75) is 32.1 Å². The van der Waals surface area contributed by atoms with Gasteiger partial charge in [0.15, 0.2) is 0 Å². The Morgan fingerprint density at radius 2 is 1.92 bits per heavy atom. The number of para-hydroxylation sites is 1. The van der Waals surface area contributed by atoms with Crippen molar-refractivity contribution in [3.05, 3.63) is 47.5 Å². The molecule has 0 aliphatic rings. The smallest absolute Gasteiger partial charge is 0.261 e. The van der Waals surface area contributed by atoms with Gasteiger partial charge in [-0.25, -0.2) is 8.42 Å². The zero-order valence-corrected chi connectivity index (χ0v) is 15.5. The van der Waals surface area contributed by atoms with E-state index in [0.717, 1.165) is 11.1 Å². The molecule has 134 valence electrons. The van der Waals surface area contributed by atoms with Crippen molar-refractivity contribution in [3.63, 3.8) is 0 Å². The van der Waals surface area contributed by atoms with Gasteiger partial charge in [-0.1, -0.05) is 25.1 Å². The second-order valence-electron chi connectivity index (χ2n) is 5.61. The topological polar surface area (TPSA) is 84.5 Å². The van der Waals surface area contributed by atoms with Gasteiger partial charge in [-0.2, -0.15) is 0 Å². The average molecular weight is 362 g/mol. The molecule has 0 saturated heterocycles. The number of rotatable bonds is 6. The Bertz CT molecular complexity index is 892. The van der Waals surface area contributed by atoms with Crippen LogP contribution in [-0.2, 0) is 21.2 Å². The third-order valence-electron chi connectivity index (χ3n) is 3.77. The molecule has 0 bridgehead atoms. The predicted molar refractivity (Wildman–Crippen MR) is 98.7 cm³/mol. The van der Waals surface area contributed by atoms with E-state index in [2.05, 4.69) is 10.0 Å². The van der Waals surface area contributed by atoms with Crippen LogP contribution in [-0.4, -0.2) is 21.4 Å². The second kappa shape index (κ2) is 7.57. The molecule has 0 fully saturated rings. The highest BCUT2D eigenvalue weighted by atomic mass is 32.2. The van der Waals surface area contributed by atoms with Crippen LogP contribution in [0.5, 0.6) is 5.75 Å². The summed E-state index contributed by atoms with van der Waals surface area (Å²) in [5.74, 6) is 0.0762. The SMILES string of the molecule is CCc1cccc(C)c1NS(=O)(=O)c1ccc(OC)c(NC(C)=O)c1. The van der Waals surface area contributed by atoms with Gasteiger partial charge in [0.25, 0.3) is 10.0 Å². The number of aryl methyl sites for hydroxylation is 2. The maximum Gasteiger partial charge on any atom is 0.261 e. The molecule has 6 nitrogen and oxygen atoms in total. The van der Waals surface area contributed by atoms with Crippen LogP contribution < -0.4 is 14.8 Å². The van der Waals surface area contributed by atoms with Crippen LogP contribution in [0, 0.1) is 6.92 Å². The third kappa shape index (κ3) is 4.30. The first kappa shape index (κ1) is 18.8. The molecular weight excluding hydrogens is 340 g/mol. The highest BCUT2D eigenvalue weighted by Crippen LogP contribution is 2.30. The van der Waals surface area contributed by atoms with Crippen LogP contribution in [0.4, 0.5) is 11.4 Å². The molecule has 0 aliphatic carbocycles. The van der Waals surface area contributed by atoms with Gasteiger partial charge in [-0.3, -0.25) is 9.52 Å². The van der Waals surface area contributed by atoms with Crippen LogP contribution in [0.3, 0.4) is 0 Å². The van der Waals surface area contributed by atoms with E-state index in [1.54, 1.807) is 0 Å². The fourth-order valence-corrected chi connectivity index (χ4v) is 3.70. The van der Waals surface area contributed by atoms with Gasteiger partial charge in [0, 0.05) is 6.92 Å². The Morgan fingerprint density at radius 1 is 1.20 bits per heavy atom. The van der Waals surface area contributed by atoms with Gasteiger partial charge in [0.05, 0.1) is 23.4 Å². The van der Waals surface area contributed by atoms with Crippen LogP contribution in [0.1, 0.15) is 25.0 Å². The highest BCUT2D eigenvalue weighted by molar-refractivity contribution is 7.92. The van der Waals surface area contributed by atoms with Crippen LogP contribution in [0.25, 0.3) is 0 Å². The minimum absolute atomic E-state index is 0.0438. The monoisotopic (exact) mass is 362 g/mol. The fraction of sp³-hybridized carbons (Fsp3) is 0.278. The third-order valence-corrected chi connectivity index (χ3v) is 5.12. The largest absolute Gasteiger partial charge is 0.495 e. The second-order valence-corrected chi connectivity index (χ2v) is 7.29. The number of ether oxygens (including phenoxy) is 1. The number of amides is 1. The quantitative estimate of drug-likeness (QED) is 0.825. The van der Waals surface area contributed by atoms with Crippen LogP contribution in [0.2, 0.25) is 0 Å². The molecule has 0 aromatic heterocycles. The standard InChI is InChI=1S/C18H22N2O4S/c1-5-14-8-6-7-12(2)18(14)20-25(22,23)15-9-10-17(24-4)16(11-15)19-13(3)21/h6-11,20H,5H2,1-4H3,(H,19,21). The molecule has 2 aromatic rings. The summed E-state index contributed by atoms with van der Waals surface area (Å²) in [6, 6.07) is 9.98. The minimum atomic E-state index is -3.81. The van der Waals surface area contributed by atoms with Crippen LogP contribution >= 0.6 is 0 Å². The molecule has 25 heavy (non-hydrogen) atoms. The summed E-state index contributed by atoms with van der Waals surface area (Å²) in [4.78, 5) is 11.4. The molecule has 1 amide bonds. The number of hydrogen-bond acceptors (Lipinski definition) is 4. The Kier molecular flexibility index (Phi) is 5.69. The Morgan fingerprint density at radius 3 is 2.52 bits per heavy atom. The molecule has 2 aromatic carbocycles. The molecular formula is C18H22N2O4S. The number of carbonyl (C=O) groups is 1. The van der Waals surface area contributed by atoms with Gasteiger partial charge >= 0.3 is 0 Å². The lowest BCUT2D eigenvalue weighted by molar-refractivity contribution is -0.114. The van der Waals surface area contributed by atoms with Crippen molar-refractivity contribution in [2.24, 2.45) is 0 Å². The molecule has 0 radical (unpaired) electrons. The van der Waals surface area contributed by atoms with Crippen molar-refractivity contribution in [1.29, 1.82) is 0 Å². The zero-order chi connectivity index (χ0) is 18.6. The van der Waals surface area contributed by atoms with Gasteiger partial charge in [-0.05, 0) is 42.7 Å². The Labute approximate surface area is 148 Å². The summed E-state index contributed by atoms with van der Waals surface area (Å²) < 4.78 is 33.4. The first-order valence-electron chi connectivity index (χ1n) is 7.85. The first-order chi connectivity index (χ1) is 11.8. The molecule has 0 saturated carbocycles. The molecule has 2 rings (SSSR count). The van der Waals surface area contributed by atoms with Crippen molar-refractivity contribution < 1.29 is 17.9 Å². The summed E-state index contributed by atoms with van der Waals surface area (Å²) in [6.45, 7) is 5.17. The predicted octanol–water partition coefficient (Wildman–Crippen LogP) is 3.33. The van der Waals surface area contributed by atoms with Gasteiger partial charge in [0.1, 0.15) is 5.75 Å². The zero-order valence-electron chi connectivity index (χ0n) is 14.7. The van der Waals surface area contributed by atoms with Gasteiger partial charge in [0.2, 0.25) is 5.91 Å². The van der Waals surface area contributed by atoms with Crippen molar-refractivity contribution in [1.82, 2.24) is 0 Å². The van der Waals surface area contributed by atoms with E-state index in [4.69, 9.17) is 4.74 Å². The summed E-state index contributed by atoms with van der Waals surface area (Å²) in [7, 11) is -2.36. The van der Waals surface area contributed by atoms with Crippen molar-refractivity contribution >= 4 is 27.3 Å². The lowest BCUT2D eigenvalue weighted by atomic mass is 10.1. The maximum atomic E-state index is 12.8. The van der Waals surface area contributed by atoms with Crippen LogP contribution in [0.15, 0.2) is 41.3 Å². The normalized spacial score (nSPS) is 11.0. The number of carbonyl (C=O) groups excluding carboxylic acids is 1. The minimum Gasteiger partial charge on any atom is -0.495 e. The number of nitrogens with one attached hydrogen (secondary N) is 2. The lowest BCUT2D eigenvalue weighted by Crippen LogP contribution is -2.16. The van der Waals surface area contributed by atoms with Crippen molar-refractivity contribution in [3.8, 4) is 5.75 Å².